The molecule has 1 amide bonds. The lowest BCUT2D eigenvalue weighted by atomic mass is 10.1. The van der Waals surface area contributed by atoms with Crippen molar-refractivity contribution in [2.45, 2.75) is 18.5 Å². The van der Waals surface area contributed by atoms with E-state index < -0.39 is 0 Å². The van der Waals surface area contributed by atoms with Gasteiger partial charge in [0.15, 0.2) is 0 Å². The maximum atomic E-state index is 12.0. The Hall–Kier alpha value is -2.37. The second-order valence-electron chi connectivity index (χ2n) is 5.73. The number of hydrogen-bond acceptors (Lipinski definition) is 4. The molecule has 1 aromatic heterocycles. The summed E-state index contributed by atoms with van der Waals surface area (Å²) in [5.74, 6) is 0.211. The second kappa shape index (κ2) is 8.83. The Kier molecular flexibility index (Phi) is 6.26. The predicted octanol–water partition coefficient (Wildman–Crippen LogP) is 4.51. The molecule has 0 saturated heterocycles. The molecule has 0 fully saturated rings. The van der Waals surface area contributed by atoms with Gasteiger partial charge in [-0.05, 0) is 36.2 Å². The number of nitrogens with one attached hydrogen (secondary N) is 1. The van der Waals surface area contributed by atoms with Crippen LogP contribution in [-0.2, 0) is 11.3 Å². The SMILES string of the molecule is Cc1ccccc1-c1ccc(SCC(=O)NCc2ccccc2Cl)nn1. The Morgan fingerprint density at radius 3 is 2.54 bits per heavy atom. The minimum Gasteiger partial charge on any atom is -0.351 e. The summed E-state index contributed by atoms with van der Waals surface area (Å²) in [4.78, 5) is 12.0. The molecule has 26 heavy (non-hydrogen) atoms. The number of aromatic nitrogens is 2. The van der Waals surface area contributed by atoms with Gasteiger partial charge in [0.05, 0.1) is 11.4 Å². The van der Waals surface area contributed by atoms with Gasteiger partial charge < -0.3 is 5.32 Å². The van der Waals surface area contributed by atoms with Crippen LogP contribution in [0.15, 0.2) is 65.7 Å². The zero-order valence-corrected chi connectivity index (χ0v) is 15.8. The molecule has 0 bridgehead atoms. The molecule has 1 N–H and O–H groups in total. The lowest BCUT2D eigenvalue weighted by Gasteiger charge is -2.07. The van der Waals surface area contributed by atoms with E-state index >= 15 is 0 Å². The highest BCUT2D eigenvalue weighted by atomic mass is 35.5. The first-order chi connectivity index (χ1) is 12.6. The van der Waals surface area contributed by atoms with Gasteiger partial charge in [0.1, 0.15) is 5.03 Å². The summed E-state index contributed by atoms with van der Waals surface area (Å²) in [6.45, 7) is 2.46. The molecule has 0 saturated carbocycles. The number of hydrogen-bond donors (Lipinski definition) is 1. The van der Waals surface area contributed by atoms with Crippen LogP contribution in [0.1, 0.15) is 11.1 Å². The Balaban J connectivity index is 1.52. The van der Waals surface area contributed by atoms with Crippen LogP contribution in [-0.4, -0.2) is 21.9 Å². The molecule has 0 aliphatic heterocycles. The van der Waals surface area contributed by atoms with E-state index in [1.54, 1.807) is 0 Å². The highest BCUT2D eigenvalue weighted by Gasteiger charge is 2.07. The zero-order chi connectivity index (χ0) is 18.4. The molecule has 2 aromatic carbocycles. The molecule has 3 aromatic rings. The number of thioether (sulfide) groups is 1. The third kappa shape index (κ3) is 4.84. The summed E-state index contributed by atoms with van der Waals surface area (Å²) >= 11 is 7.44. The minimum absolute atomic E-state index is 0.0697. The van der Waals surface area contributed by atoms with Crippen molar-refractivity contribution in [1.82, 2.24) is 15.5 Å². The molecule has 6 heteroatoms. The summed E-state index contributed by atoms with van der Waals surface area (Å²) < 4.78 is 0. The van der Waals surface area contributed by atoms with Crippen molar-refractivity contribution in [3.63, 3.8) is 0 Å². The quantitative estimate of drug-likeness (QED) is 0.636. The van der Waals surface area contributed by atoms with E-state index in [1.807, 2.05) is 67.6 Å². The third-order valence-electron chi connectivity index (χ3n) is 3.85. The highest BCUT2D eigenvalue weighted by Crippen LogP contribution is 2.22. The van der Waals surface area contributed by atoms with Crippen molar-refractivity contribution in [2.24, 2.45) is 0 Å². The van der Waals surface area contributed by atoms with Crippen molar-refractivity contribution in [3.05, 3.63) is 76.8 Å². The maximum absolute atomic E-state index is 12.0. The topological polar surface area (TPSA) is 54.9 Å². The number of nitrogens with zero attached hydrogens (tertiary/aromatic N) is 2. The smallest absolute Gasteiger partial charge is 0.230 e. The average Bonchev–Trinajstić information content (AvgIpc) is 2.67. The lowest BCUT2D eigenvalue weighted by Crippen LogP contribution is -2.24. The number of rotatable bonds is 6. The van der Waals surface area contributed by atoms with Crippen molar-refractivity contribution in [2.75, 3.05) is 5.75 Å². The van der Waals surface area contributed by atoms with Crippen LogP contribution in [0.5, 0.6) is 0 Å². The fourth-order valence-electron chi connectivity index (χ4n) is 2.43. The van der Waals surface area contributed by atoms with Crippen LogP contribution >= 0.6 is 23.4 Å². The Morgan fingerprint density at radius 1 is 1.04 bits per heavy atom. The van der Waals surface area contributed by atoms with Gasteiger partial charge >= 0.3 is 0 Å². The number of carbonyl (C=O) groups is 1. The van der Waals surface area contributed by atoms with E-state index in [4.69, 9.17) is 11.6 Å². The minimum atomic E-state index is -0.0697. The number of benzene rings is 2. The second-order valence-corrected chi connectivity index (χ2v) is 7.13. The van der Waals surface area contributed by atoms with E-state index in [9.17, 15) is 4.79 Å². The Bertz CT molecular complexity index is 900. The number of aryl methyl sites for hydroxylation is 1. The van der Waals surface area contributed by atoms with E-state index in [0.29, 0.717) is 11.6 Å². The molecule has 132 valence electrons. The molecule has 0 spiro atoms. The number of carbonyl (C=O) groups excluding carboxylic acids is 1. The Morgan fingerprint density at radius 2 is 1.81 bits per heavy atom. The summed E-state index contributed by atoms with van der Waals surface area (Å²) in [5.41, 5.74) is 3.95. The Labute approximate surface area is 162 Å². The van der Waals surface area contributed by atoms with Gasteiger partial charge in [-0.15, -0.1) is 10.2 Å². The van der Waals surface area contributed by atoms with Gasteiger partial charge in [-0.25, -0.2) is 0 Å². The largest absolute Gasteiger partial charge is 0.351 e. The van der Waals surface area contributed by atoms with E-state index in [0.717, 1.165) is 27.4 Å². The van der Waals surface area contributed by atoms with Gasteiger partial charge in [0, 0.05) is 17.1 Å². The normalized spacial score (nSPS) is 10.5. The van der Waals surface area contributed by atoms with Gasteiger partial charge in [0.25, 0.3) is 0 Å². The van der Waals surface area contributed by atoms with Crippen LogP contribution in [0.3, 0.4) is 0 Å². The van der Waals surface area contributed by atoms with Crippen molar-refractivity contribution >= 4 is 29.3 Å². The highest BCUT2D eigenvalue weighted by molar-refractivity contribution is 7.99. The van der Waals surface area contributed by atoms with Crippen LogP contribution in [0.25, 0.3) is 11.3 Å². The summed E-state index contributed by atoms with van der Waals surface area (Å²) in [6, 6.07) is 19.3. The molecule has 0 unspecified atom stereocenters. The molecule has 4 nitrogen and oxygen atoms in total. The number of amides is 1. The van der Waals surface area contributed by atoms with E-state index in [1.165, 1.54) is 11.8 Å². The molecule has 0 radical (unpaired) electrons. The molecular weight excluding hydrogens is 366 g/mol. The van der Waals surface area contributed by atoms with Crippen molar-refractivity contribution in [1.29, 1.82) is 0 Å². The molecular formula is C20H18ClN3OS. The van der Waals surface area contributed by atoms with Gasteiger partial charge in [-0.1, -0.05) is 65.8 Å². The van der Waals surface area contributed by atoms with Crippen LogP contribution in [0.2, 0.25) is 5.02 Å². The summed E-state index contributed by atoms with van der Waals surface area (Å²) in [6.07, 6.45) is 0. The summed E-state index contributed by atoms with van der Waals surface area (Å²) in [5, 5.41) is 12.7. The van der Waals surface area contributed by atoms with Gasteiger partial charge in [-0.3, -0.25) is 4.79 Å². The molecule has 3 rings (SSSR count). The lowest BCUT2D eigenvalue weighted by molar-refractivity contribution is -0.118. The first-order valence-electron chi connectivity index (χ1n) is 8.16. The molecule has 0 aliphatic rings. The van der Waals surface area contributed by atoms with Crippen LogP contribution in [0.4, 0.5) is 0 Å². The number of halogens is 1. The molecule has 1 heterocycles. The van der Waals surface area contributed by atoms with Gasteiger partial charge in [0.2, 0.25) is 5.91 Å². The first-order valence-corrected chi connectivity index (χ1v) is 9.52. The van der Waals surface area contributed by atoms with Crippen molar-refractivity contribution < 1.29 is 4.79 Å². The van der Waals surface area contributed by atoms with Crippen LogP contribution < -0.4 is 5.32 Å². The molecule has 0 atom stereocenters. The van der Waals surface area contributed by atoms with E-state index in [2.05, 4.69) is 15.5 Å². The van der Waals surface area contributed by atoms with Gasteiger partial charge in [-0.2, -0.15) is 0 Å². The predicted molar refractivity (Wildman–Crippen MR) is 106 cm³/mol. The van der Waals surface area contributed by atoms with Crippen LogP contribution in [0, 0.1) is 6.92 Å². The zero-order valence-electron chi connectivity index (χ0n) is 14.3. The fourth-order valence-corrected chi connectivity index (χ4v) is 3.27. The monoisotopic (exact) mass is 383 g/mol. The van der Waals surface area contributed by atoms with Crippen molar-refractivity contribution in [3.8, 4) is 11.3 Å². The fraction of sp³-hybridized carbons (Fsp3) is 0.150. The third-order valence-corrected chi connectivity index (χ3v) is 5.13. The van der Waals surface area contributed by atoms with E-state index in [-0.39, 0.29) is 11.7 Å². The standard InChI is InChI=1S/C20H18ClN3OS/c1-14-6-2-4-8-16(14)18-10-11-20(24-23-18)26-13-19(25)22-12-15-7-3-5-9-17(15)21/h2-11H,12-13H2,1H3,(H,22,25). The first kappa shape index (κ1) is 18.4. The average molecular weight is 384 g/mol. The maximum Gasteiger partial charge on any atom is 0.230 e. The molecule has 0 aliphatic carbocycles. The summed E-state index contributed by atoms with van der Waals surface area (Å²) in [7, 11) is 0.